The molecule has 0 aromatic heterocycles. The maximum atomic E-state index is 12.6. The van der Waals surface area contributed by atoms with E-state index >= 15 is 0 Å². The normalized spacial score (nSPS) is 17.8. The van der Waals surface area contributed by atoms with Crippen molar-refractivity contribution in [2.24, 2.45) is 0 Å². The van der Waals surface area contributed by atoms with Crippen LogP contribution in [0, 0.1) is 0 Å². The van der Waals surface area contributed by atoms with Crippen molar-refractivity contribution < 1.29 is 14.3 Å². The minimum Gasteiger partial charge on any atom is -0.482 e. The van der Waals surface area contributed by atoms with Crippen LogP contribution >= 0.6 is 0 Å². The lowest BCUT2D eigenvalue weighted by atomic mass is 10.1. The smallest absolute Gasteiger partial charge is 0.265 e. The number of para-hydroxylation sites is 2. The van der Waals surface area contributed by atoms with Crippen molar-refractivity contribution in [3.63, 3.8) is 0 Å². The second-order valence-electron chi connectivity index (χ2n) is 6.17. The third-order valence-corrected chi connectivity index (χ3v) is 4.78. The van der Waals surface area contributed by atoms with Gasteiger partial charge in [-0.25, -0.2) is 0 Å². The topological polar surface area (TPSA) is 49.9 Å². The summed E-state index contributed by atoms with van der Waals surface area (Å²) in [6, 6.07) is 7.88. The molecule has 1 aromatic carbocycles. The van der Waals surface area contributed by atoms with Crippen LogP contribution in [0.1, 0.15) is 39.0 Å². The molecular weight excluding hydrogens is 292 g/mol. The van der Waals surface area contributed by atoms with Gasteiger partial charge in [0.15, 0.2) is 6.61 Å². The number of fused-ring (bicyclic) bond motifs is 1. The lowest BCUT2D eigenvalue weighted by Crippen LogP contribution is -2.43. The highest BCUT2D eigenvalue weighted by Gasteiger charge is 2.28. The van der Waals surface area contributed by atoms with Gasteiger partial charge in [-0.1, -0.05) is 25.0 Å². The van der Waals surface area contributed by atoms with E-state index in [2.05, 4.69) is 0 Å². The van der Waals surface area contributed by atoms with Gasteiger partial charge in [-0.3, -0.25) is 9.59 Å². The number of anilines is 1. The fraction of sp³-hybridized carbons (Fsp3) is 0.556. The Bertz CT molecular complexity index is 581. The Morgan fingerprint density at radius 3 is 2.78 bits per heavy atom. The highest BCUT2D eigenvalue weighted by atomic mass is 16.5. The number of carbonyl (C=O) groups excluding carboxylic acids is 2. The lowest BCUT2D eigenvalue weighted by Gasteiger charge is -2.31. The highest BCUT2D eigenvalue weighted by molar-refractivity contribution is 5.98. The van der Waals surface area contributed by atoms with Gasteiger partial charge < -0.3 is 14.5 Å². The summed E-state index contributed by atoms with van der Waals surface area (Å²) in [6.07, 6.45) is 5.01. The van der Waals surface area contributed by atoms with Crippen molar-refractivity contribution in [1.82, 2.24) is 4.90 Å². The van der Waals surface area contributed by atoms with Gasteiger partial charge in [0.25, 0.3) is 5.91 Å². The Morgan fingerprint density at radius 2 is 2.04 bits per heavy atom. The molecule has 3 rings (SSSR count). The molecular formula is C18H24N2O3. The molecule has 1 saturated carbocycles. The SMILES string of the molecule is CCN(C(=O)CCN1C(=O)COc2ccccc21)C1CCCC1. The van der Waals surface area contributed by atoms with Crippen LogP contribution in [0.5, 0.6) is 5.75 Å². The number of hydrogen-bond acceptors (Lipinski definition) is 3. The zero-order valence-electron chi connectivity index (χ0n) is 13.7. The van der Waals surface area contributed by atoms with Crippen LogP contribution in [-0.4, -0.2) is 42.5 Å². The Morgan fingerprint density at radius 1 is 1.30 bits per heavy atom. The molecule has 0 bridgehead atoms. The predicted octanol–water partition coefficient (Wildman–Crippen LogP) is 2.59. The fourth-order valence-corrected chi connectivity index (χ4v) is 3.60. The number of amides is 2. The largest absolute Gasteiger partial charge is 0.482 e. The maximum absolute atomic E-state index is 12.6. The standard InChI is InChI=1S/C18H24N2O3/c1-2-19(14-7-3-4-8-14)17(21)11-12-20-15-9-5-6-10-16(15)23-13-18(20)22/h5-6,9-10,14H,2-4,7-8,11-13H2,1H3. The summed E-state index contributed by atoms with van der Waals surface area (Å²) >= 11 is 0. The molecule has 0 saturated heterocycles. The average Bonchev–Trinajstić information content (AvgIpc) is 3.09. The summed E-state index contributed by atoms with van der Waals surface area (Å²) in [6.45, 7) is 3.25. The van der Waals surface area contributed by atoms with Gasteiger partial charge in [0.05, 0.1) is 5.69 Å². The van der Waals surface area contributed by atoms with Crippen LogP contribution in [0.25, 0.3) is 0 Å². The molecule has 5 heteroatoms. The van der Waals surface area contributed by atoms with Crippen LogP contribution in [0.3, 0.4) is 0 Å². The maximum Gasteiger partial charge on any atom is 0.265 e. The molecule has 2 amide bonds. The minimum atomic E-state index is -0.0829. The van der Waals surface area contributed by atoms with E-state index in [1.165, 1.54) is 12.8 Å². The predicted molar refractivity (Wildman–Crippen MR) is 88.6 cm³/mol. The number of benzene rings is 1. The van der Waals surface area contributed by atoms with Gasteiger partial charge in [0.2, 0.25) is 5.91 Å². The first-order valence-corrected chi connectivity index (χ1v) is 8.52. The molecule has 23 heavy (non-hydrogen) atoms. The molecule has 1 aliphatic heterocycles. The molecule has 0 atom stereocenters. The Hall–Kier alpha value is -2.04. The van der Waals surface area contributed by atoms with Gasteiger partial charge in [-0.2, -0.15) is 0 Å². The van der Waals surface area contributed by atoms with Crippen LogP contribution in [0.15, 0.2) is 24.3 Å². The first-order valence-electron chi connectivity index (χ1n) is 8.52. The molecule has 0 radical (unpaired) electrons. The first-order chi connectivity index (χ1) is 11.2. The summed E-state index contributed by atoms with van der Waals surface area (Å²) in [5.74, 6) is 0.777. The van der Waals surface area contributed by atoms with Gasteiger partial charge in [-0.15, -0.1) is 0 Å². The molecule has 0 N–H and O–H groups in total. The second kappa shape index (κ2) is 7.02. The molecule has 1 aliphatic carbocycles. The second-order valence-corrected chi connectivity index (χ2v) is 6.17. The van der Waals surface area contributed by atoms with Crippen LogP contribution < -0.4 is 9.64 Å². The Labute approximate surface area is 137 Å². The molecule has 0 spiro atoms. The van der Waals surface area contributed by atoms with Gasteiger partial charge >= 0.3 is 0 Å². The number of hydrogen-bond donors (Lipinski definition) is 0. The van der Waals surface area contributed by atoms with E-state index < -0.39 is 0 Å². The van der Waals surface area contributed by atoms with Gasteiger partial charge in [0.1, 0.15) is 5.75 Å². The molecule has 124 valence electrons. The van der Waals surface area contributed by atoms with E-state index in [4.69, 9.17) is 4.74 Å². The number of ether oxygens (including phenoxy) is 1. The van der Waals surface area contributed by atoms with Crippen molar-refractivity contribution >= 4 is 17.5 Å². The average molecular weight is 316 g/mol. The van der Waals surface area contributed by atoms with E-state index in [0.29, 0.717) is 24.8 Å². The summed E-state index contributed by atoms with van der Waals surface area (Å²) in [5, 5.41) is 0. The van der Waals surface area contributed by atoms with E-state index in [1.807, 2.05) is 36.1 Å². The number of carbonyl (C=O) groups is 2. The van der Waals surface area contributed by atoms with Crippen molar-refractivity contribution in [2.75, 3.05) is 24.6 Å². The summed E-state index contributed by atoms with van der Waals surface area (Å²) in [4.78, 5) is 28.4. The molecule has 1 aromatic rings. The summed E-state index contributed by atoms with van der Waals surface area (Å²) in [7, 11) is 0. The Kier molecular flexibility index (Phi) is 4.84. The van der Waals surface area contributed by atoms with Crippen molar-refractivity contribution in [3.05, 3.63) is 24.3 Å². The molecule has 1 heterocycles. The van der Waals surface area contributed by atoms with Crippen molar-refractivity contribution in [1.29, 1.82) is 0 Å². The van der Waals surface area contributed by atoms with Crippen LogP contribution in [-0.2, 0) is 9.59 Å². The molecule has 5 nitrogen and oxygen atoms in total. The summed E-state index contributed by atoms with van der Waals surface area (Å²) in [5.41, 5.74) is 0.764. The zero-order valence-corrected chi connectivity index (χ0v) is 13.7. The first kappa shape index (κ1) is 15.8. The van der Waals surface area contributed by atoms with Crippen LogP contribution in [0.2, 0.25) is 0 Å². The minimum absolute atomic E-state index is 0.0469. The van der Waals surface area contributed by atoms with E-state index in [9.17, 15) is 9.59 Å². The number of nitrogens with zero attached hydrogens (tertiary/aromatic N) is 2. The molecule has 2 aliphatic rings. The third-order valence-electron chi connectivity index (χ3n) is 4.78. The number of rotatable bonds is 5. The quantitative estimate of drug-likeness (QED) is 0.839. The van der Waals surface area contributed by atoms with E-state index in [0.717, 1.165) is 25.1 Å². The summed E-state index contributed by atoms with van der Waals surface area (Å²) < 4.78 is 5.44. The van der Waals surface area contributed by atoms with E-state index in [1.54, 1.807) is 4.90 Å². The monoisotopic (exact) mass is 316 g/mol. The highest BCUT2D eigenvalue weighted by Crippen LogP contribution is 2.31. The van der Waals surface area contributed by atoms with Gasteiger partial charge in [-0.05, 0) is 31.9 Å². The lowest BCUT2D eigenvalue weighted by molar-refractivity contribution is -0.133. The third kappa shape index (κ3) is 3.33. The van der Waals surface area contributed by atoms with Gasteiger partial charge in [0, 0.05) is 25.6 Å². The van der Waals surface area contributed by atoms with Crippen LogP contribution in [0.4, 0.5) is 5.69 Å². The van der Waals surface area contributed by atoms with Crippen molar-refractivity contribution in [3.8, 4) is 5.75 Å². The zero-order chi connectivity index (χ0) is 16.2. The molecule has 0 unspecified atom stereocenters. The van der Waals surface area contributed by atoms with Crippen molar-refractivity contribution in [2.45, 2.75) is 45.1 Å². The van der Waals surface area contributed by atoms with E-state index in [-0.39, 0.29) is 18.4 Å². The fourth-order valence-electron chi connectivity index (χ4n) is 3.60. The Balaban J connectivity index is 1.65. The molecule has 1 fully saturated rings.